The summed E-state index contributed by atoms with van der Waals surface area (Å²) in [5, 5.41) is 11.8. The molecule has 0 aliphatic heterocycles. The van der Waals surface area contributed by atoms with Crippen LogP contribution in [0.1, 0.15) is 15.9 Å². The monoisotopic (exact) mass is 347 g/mol. The summed E-state index contributed by atoms with van der Waals surface area (Å²) in [6.45, 7) is 0. The molecule has 2 aromatic carbocycles. The molecule has 0 atom stereocenters. The Balaban J connectivity index is 2.47. The molecule has 0 saturated carbocycles. The number of Topliss-reactive ketones (excluding diaryl/α,β-unsaturated/α-hetero) is 2. The Kier molecular flexibility index (Phi) is 5.32. The van der Waals surface area contributed by atoms with Crippen molar-refractivity contribution in [2.24, 2.45) is 0 Å². The quantitative estimate of drug-likeness (QED) is 0.274. The summed E-state index contributed by atoms with van der Waals surface area (Å²) in [5.74, 6) is -4.07. The van der Waals surface area contributed by atoms with Crippen LogP contribution in [0.25, 0.3) is 6.08 Å². The molecule has 2 rings (SSSR count). The van der Waals surface area contributed by atoms with Crippen LogP contribution >= 0.6 is 23.2 Å². The number of hydrogen-bond donors (Lipinski definition) is 0. The average molecular weight is 348 g/mol. The van der Waals surface area contributed by atoms with Gasteiger partial charge in [-0.25, -0.2) is 0 Å². The van der Waals surface area contributed by atoms with Crippen LogP contribution in [-0.4, -0.2) is 17.5 Å². The minimum atomic E-state index is -1.95. The summed E-state index contributed by atoms with van der Waals surface area (Å²) in [7, 11) is 0. The number of carboxylic acids is 1. The van der Waals surface area contributed by atoms with E-state index >= 15 is 0 Å². The summed E-state index contributed by atoms with van der Waals surface area (Å²) in [4.78, 5) is 35.1. The van der Waals surface area contributed by atoms with Crippen molar-refractivity contribution in [3.63, 3.8) is 0 Å². The van der Waals surface area contributed by atoms with Gasteiger partial charge in [-0.15, -0.1) is 0 Å². The van der Waals surface area contributed by atoms with Gasteiger partial charge in [-0.05, 0) is 48.0 Å². The second kappa shape index (κ2) is 7.22. The first-order valence-corrected chi connectivity index (χ1v) is 7.17. The summed E-state index contributed by atoms with van der Waals surface area (Å²) >= 11 is 11.5. The number of hydrogen-bond acceptors (Lipinski definition) is 4. The average Bonchev–Trinajstić information content (AvgIpc) is 2.53. The predicted octanol–water partition coefficient (Wildman–Crippen LogP) is 2.58. The molecule has 6 heteroatoms. The van der Waals surface area contributed by atoms with Crippen molar-refractivity contribution < 1.29 is 19.5 Å². The van der Waals surface area contributed by atoms with Gasteiger partial charge < -0.3 is 9.90 Å². The Bertz CT molecular complexity index is 790. The number of rotatable bonds is 5. The molecule has 0 heterocycles. The first-order chi connectivity index (χ1) is 10.9. The number of carbonyl (C=O) groups excluding carboxylic acids is 3. The molecular weight excluding hydrogens is 339 g/mol. The van der Waals surface area contributed by atoms with Gasteiger partial charge in [0.05, 0.1) is 5.57 Å². The molecule has 0 N–H and O–H groups in total. The van der Waals surface area contributed by atoms with Gasteiger partial charge in [-0.3, -0.25) is 9.59 Å². The molecule has 0 bridgehead atoms. The fourth-order valence-electron chi connectivity index (χ4n) is 1.83. The van der Waals surface area contributed by atoms with Crippen molar-refractivity contribution in [3.05, 3.63) is 75.3 Å². The summed E-state index contributed by atoms with van der Waals surface area (Å²) in [5.41, 5.74) is 0.0974. The van der Waals surface area contributed by atoms with Crippen LogP contribution in [0, 0.1) is 0 Å². The van der Waals surface area contributed by atoms with Gasteiger partial charge in [0.2, 0.25) is 5.78 Å². The molecule has 0 radical (unpaired) electrons. The van der Waals surface area contributed by atoms with Crippen molar-refractivity contribution in [1.29, 1.82) is 0 Å². The molecule has 4 nitrogen and oxygen atoms in total. The van der Waals surface area contributed by atoms with Crippen molar-refractivity contribution in [2.45, 2.75) is 0 Å². The topological polar surface area (TPSA) is 74.3 Å². The van der Waals surface area contributed by atoms with Crippen LogP contribution in [0.3, 0.4) is 0 Å². The molecule has 0 aromatic heterocycles. The van der Waals surface area contributed by atoms with Crippen LogP contribution in [0.4, 0.5) is 0 Å². The highest BCUT2D eigenvalue weighted by Crippen LogP contribution is 2.18. The normalized spacial score (nSPS) is 11.1. The zero-order chi connectivity index (χ0) is 17.0. The van der Waals surface area contributed by atoms with Gasteiger partial charge in [0.25, 0.3) is 0 Å². The second-order valence-corrected chi connectivity index (χ2v) is 5.44. The fourth-order valence-corrected chi connectivity index (χ4v) is 2.08. The zero-order valence-corrected chi connectivity index (χ0v) is 13.1. The minimum absolute atomic E-state index is 0.143. The second-order valence-electron chi connectivity index (χ2n) is 4.56. The molecule has 2 aromatic rings. The number of carboxylic acid groups (broad SMARTS) is 1. The van der Waals surface area contributed by atoms with E-state index in [1.165, 1.54) is 30.3 Å². The lowest BCUT2D eigenvalue weighted by Crippen LogP contribution is -2.34. The predicted molar refractivity (Wildman–Crippen MR) is 85.2 cm³/mol. The summed E-state index contributed by atoms with van der Waals surface area (Å²) in [6.07, 6.45) is 1.19. The first kappa shape index (κ1) is 16.9. The lowest BCUT2D eigenvalue weighted by atomic mass is 9.97. The van der Waals surface area contributed by atoms with E-state index in [-0.39, 0.29) is 5.56 Å². The molecule has 0 amide bonds. The van der Waals surface area contributed by atoms with Gasteiger partial charge in [0.15, 0.2) is 5.78 Å². The maximum atomic E-state index is 12.4. The van der Waals surface area contributed by atoms with E-state index < -0.39 is 23.1 Å². The van der Waals surface area contributed by atoms with Crippen molar-refractivity contribution in [1.82, 2.24) is 0 Å². The molecule has 0 saturated heterocycles. The molecule has 116 valence electrons. The van der Waals surface area contributed by atoms with Gasteiger partial charge in [-0.2, -0.15) is 0 Å². The van der Waals surface area contributed by atoms with E-state index in [1.807, 2.05) is 0 Å². The van der Waals surface area contributed by atoms with Gasteiger partial charge >= 0.3 is 0 Å². The van der Waals surface area contributed by atoms with Crippen LogP contribution < -0.4 is 5.11 Å². The largest absolute Gasteiger partial charge is 0.541 e. The number of benzene rings is 2. The fraction of sp³-hybridized carbons (Fsp3) is 0. The lowest BCUT2D eigenvalue weighted by molar-refractivity contribution is -0.299. The maximum absolute atomic E-state index is 12.4. The molecule has 0 aliphatic carbocycles. The Labute approximate surface area is 142 Å². The van der Waals surface area contributed by atoms with E-state index in [0.717, 1.165) is 0 Å². The van der Waals surface area contributed by atoms with E-state index in [4.69, 9.17) is 23.2 Å². The third kappa shape index (κ3) is 4.28. The Morgan fingerprint density at radius 1 is 0.826 bits per heavy atom. The van der Waals surface area contributed by atoms with E-state index in [1.54, 1.807) is 24.3 Å². The zero-order valence-electron chi connectivity index (χ0n) is 11.6. The van der Waals surface area contributed by atoms with Crippen LogP contribution in [0.15, 0.2) is 54.1 Å². The third-order valence-corrected chi connectivity index (χ3v) is 3.47. The highest BCUT2D eigenvalue weighted by Gasteiger charge is 2.20. The molecule has 0 unspecified atom stereocenters. The Morgan fingerprint density at radius 3 is 1.78 bits per heavy atom. The summed E-state index contributed by atoms with van der Waals surface area (Å²) < 4.78 is 0. The smallest absolute Gasteiger partial charge is 0.212 e. The highest BCUT2D eigenvalue weighted by molar-refractivity contribution is 6.49. The first-order valence-electron chi connectivity index (χ1n) is 6.41. The van der Waals surface area contributed by atoms with Crippen LogP contribution in [-0.2, 0) is 9.59 Å². The van der Waals surface area contributed by atoms with Crippen molar-refractivity contribution >= 4 is 46.8 Å². The molecule has 0 fully saturated rings. The van der Waals surface area contributed by atoms with Crippen molar-refractivity contribution in [3.8, 4) is 0 Å². The number of ketones is 2. The van der Waals surface area contributed by atoms with E-state index in [9.17, 15) is 19.5 Å². The molecule has 0 aliphatic rings. The molecule has 23 heavy (non-hydrogen) atoms. The number of halogens is 2. The molecular formula is C17H9Cl2O4-. The standard InChI is InChI=1S/C17H10Cl2O4/c18-12-5-1-10(2-6-12)9-14(16(21)17(22)23)15(20)11-3-7-13(19)8-4-11/h1-9H,(H,22,23)/p-1/b14-9-. The van der Waals surface area contributed by atoms with Gasteiger partial charge in [0, 0.05) is 15.6 Å². The SMILES string of the molecule is O=C([O-])C(=O)/C(=C\c1ccc(Cl)cc1)C(=O)c1ccc(Cl)cc1. The summed E-state index contributed by atoms with van der Waals surface area (Å²) in [6, 6.07) is 12.0. The van der Waals surface area contributed by atoms with E-state index in [0.29, 0.717) is 15.6 Å². The third-order valence-electron chi connectivity index (χ3n) is 2.96. The highest BCUT2D eigenvalue weighted by atomic mass is 35.5. The van der Waals surface area contributed by atoms with Gasteiger partial charge in [-0.1, -0.05) is 35.3 Å². The minimum Gasteiger partial charge on any atom is -0.541 e. The Hall–Kier alpha value is -2.43. The number of carbonyl (C=O) groups is 3. The van der Waals surface area contributed by atoms with Crippen LogP contribution in [0.2, 0.25) is 10.0 Å². The van der Waals surface area contributed by atoms with Crippen molar-refractivity contribution in [2.75, 3.05) is 0 Å². The maximum Gasteiger partial charge on any atom is 0.212 e. The van der Waals surface area contributed by atoms with Crippen LogP contribution in [0.5, 0.6) is 0 Å². The van der Waals surface area contributed by atoms with Gasteiger partial charge in [0.1, 0.15) is 5.97 Å². The lowest BCUT2D eigenvalue weighted by Gasteiger charge is -2.07. The molecule has 0 spiro atoms. The van der Waals surface area contributed by atoms with E-state index in [2.05, 4.69) is 0 Å². The number of aliphatic carboxylic acids is 1. The Morgan fingerprint density at radius 2 is 1.30 bits per heavy atom.